The molecule has 1 aromatic heterocycles. The summed E-state index contributed by atoms with van der Waals surface area (Å²) in [6.07, 6.45) is 5.42. The highest BCUT2D eigenvalue weighted by atomic mass is 16.5. The average Bonchev–Trinajstić information content (AvgIpc) is 3.70. The minimum Gasteiger partial charge on any atom is -0.377 e. The maximum atomic E-state index is 11.4. The lowest BCUT2D eigenvalue weighted by atomic mass is 9.97. The molecule has 2 amide bonds. The minimum absolute atomic E-state index is 0.153. The van der Waals surface area contributed by atoms with Crippen LogP contribution in [0.2, 0.25) is 0 Å². The molecule has 220 valence electrons. The number of carbonyl (C=O) groups excluding carboxylic acids is 2. The van der Waals surface area contributed by atoms with Crippen molar-refractivity contribution in [2.75, 3.05) is 43.1 Å². The Bertz CT molecular complexity index is 1400. The van der Waals surface area contributed by atoms with E-state index < -0.39 is 0 Å². The van der Waals surface area contributed by atoms with Gasteiger partial charge in [-0.15, -0.1) is 0 Å². The molecule has 3 aromatic rings. The maximum absolute atomic E-state index is 11.4. The Kier molecular flexibility index (Phi) is 10.8. The molecular weight excluding hydrogens is 534 g/mol. The number of benzene rings is 2. The van der Waals surface area contributed by atoms with Crippen molar-refractivity contribution in [2.24, 2.45) is 0 Å². The molecule has 0 atom stereocenters. The highest BCUT2D eigenvalue weighted by molar-refractivity contribution is 5.95. The summed E-state index contributed by atoms with van der Waals surface area (Å²) in [7, 11) is 0. The molecule has 4 heterocycles. The third kappa shape index (κ3) is 7.39. The molecule has 2 aromatic carbocycles. The topological polar surface area (TPSA) is 148 Å². The number of ether oxygens (including phenoxy) is 1. The molecule has 2 N–H and O–H groups in total. The number of amides is 2. The van der Waals surface area contributed by atoms with Crippen molar-refractivity contribution in [1.29, 1.82) is 10.7 Å². The van der Waals surface area contributed by atoms with Crippen molar-refractivity contribution in [1.82, 2.24) is 15.0 Å². The van der Waals surface area contributed by atoms with Gasteiger partial charge in [-0.05, 0) is 43.5 Å². The summed E-state index contributed by atoms with van der Waals surface area (Å²) >= 11 is 0. The van der Waals surface area contributed by atoms with Gasteiger partial charge in [0.25, 0.3) is 0 Å². The summed E-state index contributed by atoms with van der Waals surface area (Å²) in [6, 6.07) is 15.2. The van der Waals surface area contributed by atoms with Gasteiger partial charge < -0.3 is 29.8 Å². The third-order valence-electron chi connectivity index (χ3n) is 7.29. The fourth-order valence-electron chi connectivity index (χ4n) is 4.92. The molecule has 0 aliphatic carbocycles. The fourth-order valence-corrected chi connectivity index (χ4v) is 4.92. The molecule has 3 aliphatic heterocycles. The van der Waals surface area contributed by atoms with Crippen LogP contribution >= 0.6 is 0 Å². The molecule has 0 bridgehead atoms. The number of nitriles is 1. The van der Waals surface area contributed by atoms with E-state index in [4.69, 9.17) is 19.9 Å². The highest BCUT2D eigenvalue weighted by Crippen LogP contribution is 2.30. The van der Waals surface area contributed by atoms with Gasteiger partial charge in [-0.3, -0.25) is 9.59 Å². The van der Waals surface area contributed by atoms with Gasteiger partial charge in [0.15, 0.2) is 0 Å². The molecule has 6 rings (SSSR count). The Morgan fingerprint density at radius 1 is 1.12 bits per heavy atom. The molecular formula is C31H37N7O4. The van der Waals surface area contributed by atoms with Gasteiger partial charge in [-0.1, -0.05) is 37.2 Å². The first-order valence-electron chi connectivity index (χ1n) is 14.4. The van der Waals surface area contributed by atoms with Crippen molar-refractivity contribution in [3.63, 3.8) is 0 Å². The zero-order valence-electron chi connectivity index (χ0n) is 24.1. The van der Waals surface area contributed by atoms with E-state index in [0.29, 0.717) is 36.9 Å². The van der Waals surface area contributed by atoms with E-state index in [1.165, 1.54) is 6.21 Å². The van der Waals surface area contributed by atoms with Crippen LogP contribution in [-0.2, 0) is 14.3 Å². The molecule has 11 heteroatoms. The number of carbonyl (C=O) groups is 2. The second-order valence-electron chi connectivity index (χ2n) is 10.0. The van der Waals surface area contributed by atoms with Gasteiger partial charge in [0.1, 0.15) is 0 Å². The van der Waals surface area contributed by atoms with Crippen LogP contribution in [0.1, 0.15) is 62.5 Å². The van der Waals surface area contributed by atoms with E-state index in [-0.39, 0.29) is 17.9 Å². The summed E-state index contributed by atoms with van der Waals surface area (Å²) in [4.78, 5) is 30.3. The van der Waals surface area contributed by atoms with E-state index in [1.54, 1.807) is 28.0 Å². The normalized spacial score (nSPS) is 16.7. The molecule has 0 radical (unpaired) electrons. The Hall–Kier alpha value is -4.56. The van der Waals surface area contributed by atoms with Gasteiger partial charge in [0, 0.05) is 60.7 Å². The predicted octanol–water partition coefficient (Wildman–Crippen LogP) is 4.59. The Labute approximate surface area is 246 Å². The van der Waals surface area contributed by atoms with Crippen LogP contribution < -0.4 is 10.2 Å². The van der Waals surface area contributed by atoms with Crippen molar-refractivity contribution >= 4 is 29.9 Å². The number of aromatic nitrogens is 2. The first-order valence-corrected chi connectivity index (χ1v) is 14.4. The van der Waals surface area contributed by atoms with Crippen LogP contribution in [0.25, 0.3) is 11.4 Å². The Balaban J connectivity index is 0.000000214. The number of likely N-dealkylation sites (tertiary alicyclic amines) is 1. The number of nitrogens with one attached hydrogen (secondary N) is 2. The lowest BCUT2D eigenvalue weighted by Gasteiger charge is -2.28. The lowest BCUT2D eigenvalue weighted by Crippen LogP contribution is -2.40. The van der Waals surface area contributed by atoms with Gasteiger partial charge in [0.05, 0.1) is 30.9 Å². The predicted molar refractivity (Wildman–Crippen MR) is 160 cm³/mol. The Morgan fingerprint density at radius 3 is 2.52 bits per heavy atom. The molecule has 0 unspecified atom stereocenters. The largest absolute Gasteiger partial charge is 0.377 e. The number of piperidine rings is 1. The second-order valence-corrected chi connectivity index (χ2v) is 10.0. The number of nitrogens with zero attached hydrogens (tertiary/aromatic N) is 5. The van der Waals surface area contributed by atoms with Crippen molar-refractivity contribution < 1.29 is 18.8 Å². The van der Waals surface area contributed by atoms with E-state index in [1.807, 2.05) is 38.1 Å². The first kappa shape index (κ1) is 30.4. The van der Waals surface area contributed by atoms with Gasteiger partial charge in [0.2, 0.25) is 24.0 Å². The van der Waals surface area contributed by atoms with E-state index in [9.17, 15) is 9.59 Å². The van der Waals surface area contributed by atoms with Crippen LogP contribution in [0.4, 0.5) is 11.4 Å². The van der Waals surface area contributed by atoms with E-state index in [2.05, 4.69) is 21.5 Å². The maximum Gasteiger partial charge on any atom is 0.230 e. The molecule has 3 fully saturated rings. The summed E-state index contributed by atoms with van der Waals surface area (Å²) in [5.41, 5.74) is 3.97. The lowest BCUT2D eigenvalue weighted by molar-refractivity contribution is -0.119. The van der Waals surface area contributed by atoms with Crippen LogP contribution in [-0.4, -0.2) is 72.5 Å². The van der Waals surface area contributed by atoms with E-state index >= 15 is 0 Å². The van der Waals surface area contributed by atoms with E-state index in [0.717, 1.165) is 67.8 Å². The molecule has 11 nitrogen and oxygen atoms in total. The van der Waals surface area contributed by atoms with Gasteiger partial charge in [-0.25, -0.2) is 0 Å². The fraction of sp³-hybridized carbons (Fsp3) is 0.419. The number of hydrogen-bond donors (Lipinski definition) is 2. The number of hydrogen-bond acceptors (Lipinski definition) is 9. The molecule has 42 heavy (non-hydrogen) atoms. The molecule has 0 saturated carbocycles. The SMILES string of the molecule is CC.N#Cc1cccc(N2CCCC2=O)c1.N=Cc1ccc(-c2noc(C3CCN(C=O)CC3)n2)cc1NC1COC1. The zero-order valence-corrected chi connectivity index (χ0v) is 24.1. The first-order chi connectivity index (χ1) is 20.6. The monoisotopic (exact) mass is 571 g/mol. The van der Waals surface area contributed by atoms with Crippen LogP contribution in [0.15, 0.2) is 47.0 Å². The summed E-state index contributed by atoms with van der Waals surface area (Å²) in [5.74, 6) is 1.52. The zero-order chi connectivity index (χ0) is 29.9. The molecule has 3 saturated heterocycles. The summed E-state index contributed by atoms with van der Waals surface area (Å²) < 4.78 is 10.7. The number of rotatable bonds is 7. The van der Waals surface area contributed by atoms with Crippen molar-refractivity contribution in [3.8, 4) is 17.5 Å². The minimum atomic E-state index is 0.153. The second kappa shape index (κ2) is 14.9. The highest BCUT2D eigenvalue weighted by Gasteiger charge is 2.25. The number of anilines is 2. The third-order valence-corrected chi connectivity index (χ3v) is 7.29. The van der Waals surface area contributed by atoms with Gasteiger partial charge in [-0.2, -0.15) is 10.2 Å². The summed E-state index contributed by atoms with van der Waals surface area (Å²) in [5, 5.41) is 23.8. The van der Waals surface area contributed by atoms with Crippen molar-refractivity contribution in [2.45, 2.75) is 51.5 Å². The van der Waals surface area contributed by atoms with Crippen molar-refractivity contribution in [3.05, 3.63) is 59.5 Å². The van der Waals surface area contributed by atoms with Crippen LogP contribution in [0.3, 0.4) is 0 Å². The quantitative estimate of drug-likeness (QED) is 0.309. The smallest absolute Gasteiger partial charge is 0.230 e. The van der Waals surface area contributed by atoms with Crippen LogP contribution in [0.5, 0.6) is 0 Å². The van der Waals surface area contributed by atoms with Gasteiger partial charge >= 0.3 is 0 Å². The molecule has 0 spiro atoms. The average molecular weight is 572 g/mol. The standard InChI is InChI=1S/C18H21N5O3.C11H10N2O.C2H6/c19-8-14-2-1-13(7-16(14)20-15-9-25-10-15)17-21-18(26-22-17)12-3-5-23(11-24)6-4-12;12-8-9-3-1-4-10(7-9)13-6-2-5-11(13)14;1-2/h1-2,7-8,11-12,15,19-20H,3-6,9-10H2;1,3-4,7H,2,5-6H2;1-2H3. The Morgan fingerprint density at radius 2 is 1.90 bits per heavy atom. The summed E-state index contributed by atoms with van der Waals surface area (Å²) in [6.45, 7) is 7.56. The van der Waals surface area contributed by atoms with Crippen LogP contribution in [0, 0.1) is 16.7 Å². The molecule has 3 aliphatic rings.